The Morgan fingerprint density at radius 3 is 1.85 bits per heavy atom. The average molecular weight is 299 g/mol. The van der Waals surface area contributed by atoms with Crippen LogP contribution >= 0.6 is 11.6 Å². The molecule has 0 fully saturated rings. The first-order valence-corrected chi connectivity index (χ1v) is 6.24. The van der Waals surface area contributed by atoms with E-state index in [2.05, 4.69) is 0 Å². The van der Waals surface area contributed by atoms with Gasteiger partial charge in [0.25, 0.3) is 0 Å². The Labute approximate surface area is 119 Å². The Bertz CT molecular complexity index is 560. The van der Waals surface area contributed by atoms with Crippen LogP contribution in [0.1, 0.15) is 11.1 Å². The van der Waals surface area contributed by atoms with Crippen molar-refractivity contribution < 1.29 is 18.0 Å². The molecule has 0 amide bonds. The number of hydrogen-bond donors (Lipinski definition) is 0. The maximum atomic E-state index is 13.5. The van der Waals surface area contributed by atoms with Crippen LogP contribution in [0.2, 0.25) is 5.02 Å². The molecule has 20 heavy (non-hydrogen) atoms. The van der Waals surface area contributed by atoms with Gasteiger partial charge in [-0.25, -0.2) is 13.2 Å². The Morgan fingerprint density at radius 2 is 1.30 bits per heavy atom. The van der Waals surface area contributed by atoms with E-state index in [0.29, 0.717) is 0 Å². The van der Waals surface area contributed by atoms with E-state index >= 15 is 0 Å². The average Bonchev–Trinajstić information content (AvgIpc) is 2.39. The third-order valence-electron chi connectivity index (χ3n) is 2.87. The van der Waals surface area contributed by atoms with E-state index < -0.39 is 29.7 Å². The zero-order valence-corrected chi connectivity index (χ0v) is 11.1. The molecule has 0 aliphatic carbocycles. The molecule has 0 spiro atoms. The fourth-order valence-corrected chi connectivity index (χ4v) is 2.09. The van der Waals surface area contributed by atoms with Crippen LogP contribution in [0.4, 0.5) is 13.2 Å². The van der Waals surface area contributed by atoms with E-state index in [9.17, 15) is 18.0 Å². The lowest BCUT2D eigenvalue weighted by Gasteiger charge is -2.07. The molecule has 0 atom stereocenters. The van der Waals surface area contributed by atoms with E-state index in [-0.39, 0.29) is 22.6 Å². The van der Waals surface area contributed by atoms with Gasteiger partial charge >= 0.3 is 0 Å². The molecule has 2 rings (SSSR count). The lowest BCUT2D eigenvalue weighted by Crippen LogP contribution is -2.11. The van der Waals surface area contributed by atoms with Crippen LogP contribution in [-0.2, 0) is 17.6 Å². The molecular formula is C15H10ClF3O. The van der Waals surface area contributed by atoms with Gasteiger partial charge < -0.3 is 0 Å². The van der Waals surface area contributed by atoms with Crippen molar-refractivity contribution in [2.75, 3.05) is 0 Å². The highest BCUT2D eigenvalue weighted by atomic mass is 35.5. The molecule has 0 heterocycles. The summed E-state index contributed by atoms with van der Waals surface area (Å²) in [7, 11) is 0. The van der Waals surface area contributed by atoms with Gasteiger partial charge in [-0.2, -0.15) is 0 Å². The lowest BCUT2D eigenvalue weighted by atomic mass is 10.0. The van der Waals surface area contributed by atoms with Crippen molar-refractivity contribution in [1.82, 2.24) is 0 Å². The Morgan fingerprint density at radius 1 is 0.850 bits per heavy atom. The summed E-state index contributed by atoms with van der Waals surface area (Å²) in [6.45, 7) is 0. The molecule has 0 aromatic heterocycles. The number of benzene rings is 2. The molecule has 0 unspecified atom stereocenters. The van der Waals surface area contributed by atoms with Crippen molar-refractivity contribution in [2.24, 2.45) is 0 Å². The highest BCUT2D eigenvalue weighted by molar-refractivity contribution is 6.31. The largest absolute Gasteiger partial charge is 0.299 e. The number of carbonyl (C=O) groups is 1. The van der Waals surface area contributed by atoms with Gasteiger partial charge in [-0.05, 0) is 24.3 Å². The zero-order chi connectivity index (χ0) is 14.7. The number of carbonyl (C=O) groups excluding carboxylic acids is 1. The van der Waals surface area contributed by atoms with Crippen molar-refractivity contribution >= 4 is 17.4 Å². The third kappa shape index (κ3) is 3.20. The van der Waals surface area contributed by atoms with Crippen LogP contribution in [0.5, 0.6) is 0 Å². The monoisotopic (exact) mass is 298 g/mol. The quantitative estimate of drug-likeness (QED) is 0.830. The summed E-state index contributed by atoms with van der Waals surface area (Å²) in [5, 5.41) is 0.118. The number of ketones is 1. The Hall–Kier alpha value is -1.81. The van der Waals surface area contributed by atoms with Crippen LogP contribution < -0.4 is 0 Å². The van der Waals surface area contributed by atoms with Crippen molar-refractivity contribution in [3.63, 3.8) is 0 Å². The molecular weight excluding hydrogens is 289 g/mol. The van der Waals surface area contributed by atoms with Gasteiger partial charge in [-0.3, -0.25) is 4.79 Å². The molecule has 0 saturated carbocycles. The minimum atomic E-state index is -0.794. The molecule has 0 N–H and O–H groups in total. The molecule has 0 aliphatic rings. The molecule has 0 saturated heterocycles. The van der Waals surface area contributed by atoms with Crippen LogP contribution in [0.15, 0.2) is 36.4 Å². The van der Waals surface area contributed by atoms with Crippen LogP contribution in [0.3, 0.4) is 0 Å². The molecule has 5 heteroatoms. The summed E-state index contributed by atoms with van der Waals surface area (Å²) in [4.78, 5) is 11.8. The number of halogens is 4. The van der Waals surface area contributed by atoms with Gasteiger partial charge in [-0.1, -0.05) is 23.7 Å². The SMILES string of the molecule is O=C(Cc1c(F)cccc1F)Cc1c(F)cccc1Cl. The minimum absolute atomic E-state index is 0.0379. The van der Waals surface area contributed by atoms with Gasteiger partial charge in [0, 0.05) is 29.0 Å². The Balaban J connectivity index is 2.18. The summed E-state index contributed by atoms with van der Waals surface area (Å²) < 4.78 is 40.4. The fraction of sp³-hybridized carbons (Fsp3) is 0.133. The standard InChI is InChI=1S/C15H10ClF3O/c16-12-3-1-4-13(17)10(12)7-9(20)8-11-14(18)5-2-6-15(11)19/h1-6H,7-8H2. The first-order valence-electron chi connectivity index (χ1n) is 5.86. The van der Waals surface area contributed by atoms with Crippen LogP contribution in [0.25, 0.3) is 0 Å². The van der Waals surface area contributed by atoms with Crippen LogP contribution in [-0.4, -0.2) is 5.78 Å². The second kappa shape index (κ2) is 6.09. The van der Waals surface area contributed by atoms with Crippen molar-refractivity contribution in [3.8, 4) is 0 Å². The molecule has 104 valence electrons. The van der Waals surface area contributed by atoms with Crippen molar-refractivity contribution in [3.05, 3.63) is 70.0 Å². The first-order chi connectivity index (χ1) is 9.49. The van der Waals surface area contributed by atoms with Crippen molar-refractivity contribution in [2.45, 2.75) is 12.8 Å². The molecule has 0 aliphatic heterocycles. The summed E-state index contributed by atoms with van der Waals surface area (Å²) >= 11 is 5.80. The summed E-state index contributed by atoms with van der Waals surface area (Å²) in [5.74, 6) is -2.71. The van der Waals surface area contributed by atoms with Crippen LogP contribution in [0, 0.1) is 17.5 Å². The van der Waals surface area contributed by atoms with E-state index in [0.717, 1.165) is 12.1 Å². The lowest BCUT2D eigenvalue weighted by molar-refractivity contribution is -0.117. The van der Waals surface area contributed by atoms with Gasteiger partial charge in [0.15, 0.2) is 0 Å². The normalized spacial score (nSPS) is 10.6. The summed E-state index contributed by atoms with van der Waals surface area (Å²) in [6.07, 6.45) is -0.748. The first kappa shape index (κ1) is 14.6. The van der Waals surface area contributed by atoms with Crippen molar-refractivity contribution in [1.29, 1.82) is 0 Å². The fourth-order valence-electron chi connectivity index (χ4n) is 1.86. The van der Waals surface area contributed by atoms with Gasteiger partial charge in [0.2, 0.25) is 0 Å². The van der Waals surface area contributed by atoms with E-state index in [1.54, 1.807) is 0 Å². The zero-order valence-electron chi connectivity index (χ0n) is 10.3. The highest BCUT2D eigenvalue weighted by Crippen LogP contribution is 2.21. The molecule has 0 radical (unpaired) electrons. The maximum absolute atomic E-state index is 13.5. The van der Waals surface area contributed by atoms with Gasteiger partial charge in [-0.15, -0.1) is 0 Å². The summed E-state index contributed by atoms with van der Waals surface area (Å²) in [5.41, 5.74) is -0.277. The molecule has 1 nitrogen and oxygen atoms in total. The Kier molecular flexibility index (Phi) is 4.45. The van der Waals surface area contributed by atoms with Gasteiger partial charge in [0.1, 0.15) is 23.2 Å². The molecule has 2 aromatic carbocycles. The second-order valence-electron chi connectivity index (χ2n) is 4.29. The third-order valence-corrected chi connectivity index (χ3v) is 3.23. The van der Waals surface area contributed by atoms with Gasteiger partial charge in [0.05, 0.1) is 0 Å². The predicted molar refractivity (Wildman–Crippen MR) is 70.2 cm³/mol. The topological polar surface area (TPSA) is 17.1 Å². The van der Waals surface area contributed by atoms with E-state index in [4.69, 9.17) is 11.6 Å². The molecule has 2 aromatic rings. The highest BCUT2D eigenvalue weighted by Gasteiger charge is 2.16. The predicted octanol–water partition coefficient (Wildman–Crippen LogP) is 4.11. The second-order valence-corrected chi connectivity index (χ2v) is 4.70. The minimum Gasteiger partial charge on any atom is -0.299 e. The van der Waals surface area contributed by atoms with E-state index in [1.165, 1.54) is 24.3 Å². The van der Waals surface area contributed by atoms with E-state index in [1.807, 2.05) is 0 Å². The smallest absolute Gasteiger partial charge is 0.142 e. The maximum Gasteiger partial charge on any atom is 0.142 e. The summed E-state index contributed by atoms with van der Waals surface area (Å²) in [6, 6.07) is 7.41. The number of rotatable bonds is 4. The number of hydrogen-bond acceptors (Lipinski definition) is 1. The number of Topliss-reactive ketones (excluding diaryl/α,β-unsaturated/α-hetero) is 1. The molecule has 0 bridgehead atoms.